The van der Waals surface area contributed by atoms with Crippen molar-refractivity contribution in [3.8, 4) is 11.1 Å². The fraction of sp³-hybridized carbons (Fsp3) is 0.292. The van der Waals surface area contributed by atoms with Crippen molar-refractivity contribution in [2.24, 2.45) is 5.73 Å². The molecule has 33 heavy (non-hydrogen) atoms. The molecule has 0 aliphatic heterocycles. The quantitative estimate of drug-likeness (QED) is 0.424. The molecule has 1 heterocycles. The number of carboxylic acids is 1. The van der Waals surface area contributed by atoms with Crippen molar-refractivity contribution in [2.45, 2.75) is 44.7 Å². The van der Waals surface area contributed by atoms with E-state index in [1.54, 1.807) is 30.3 Å². The topological polar surface area (TPSA) is 118 Å². The molecule has 1 aromatic heterocycles. The first-order valence-electron chi connectivity index (χ1n) is 10.4. The molecule has 174 valence electrons. The van der Waals surface area contributed by atoms with Crippen LogP contribution < -0.4 is 11.1 Å². The van der Waals surface area contributed by atoms with Crippen LogP contribution in [0.5, 0.6) is 0 Å². The van der Waals surface area contributed by atoms with Crippen LogP contribution in [0.1, 0.15) is 48.1 Å². The predicted molar refractivity (Wildman–Crippen MR) is 123 cm³/mol. The number of aromatic nitrogens is 1. The van der Waals surface area contributed by atoms with Crippen LogP contribution in [0.2, 0.25) is 5.02 Å². The average molecular weight is 474 g/mol. The van der Waals surface area contributed by atoms with Gasteiger partial charge in [0.1, 0.15) is 18.1 Å². The number of hydrogen-bond acceptors (Lipinski definition) is 5. The van der Waals surface area contributed by atoms with Crippen molar-refractivity contribution >= 4 is 23.5 Å². The fourth-order valence-corrected chi connectivity index (χ4v) is 3.50. The lowest BCUT2D eigenvalue weighted by Gasteiger charge is -2.20. The van der Waals surface area contributed by atoms with Gasteiger partial charge in [-0.25, -0.2) is 9.37 Å². The van der Waals surface area contributed by atoms with E-state index < -0.39 is 29.8 Å². The number of carboxylic acid groups (broad SMARTS) is 1. The first-order valence-corrected chi connectivity index (χ1v) is 10.8. The molecule has 3 rings (SSSR count). The minimum atomic E-state index is -1.17. The summed E-state index contributed by atoms with van der Waals surface area (Å²) >= 11 is 5.98. The summed E-state index contributed by atoms with van der Waals surface area (Å²) in [6, 6.07) is 9.61. The number of nitrogens with one attached hydrogen (secondary N) is 1. The van der Waals surface area contributed by atoms with Crippen molar-refractivity contribution in [2.75, 3.05) is 0 Å². The molecule has 3 aromatic rings. The zero-order valence-electron chi connectivity index (χ0n) is 18.2. The van der Waals surface area contributed by atoms with Crippen LogP contribution in [-0.2, 0) is 11.2 Å². The van der Waals surface area contributed by atoms with Crippen LogP contribution in [0.3, 0.4) is 0 Å². The first-order chi connectivity index (χ1) is 15.6. The number of amides is 1. The number of carbonyl (C=O) groups is 2. The normalized spacial score (nSPS) is 13.0. The molecular weight excluding hydrogens is 449 g/mol. The van der Waals surface area contributed by atoms with E-state index in [2.05, 4.69) is 10.3 Å². The van der Waals surface area contributed by atoms with Gasteiger partial charge in [-0.1, -0.05) is 49.7 Å². The van der Waals surface area contributed by atoms with E-state index in [1.807, 2.05) is 13.8 Å². The monoisotopic (exact) mass is 473 g/mol. The summed E-state index contributed by atoms with van der Waals surface area (Å²) in [5.74, 6) is -2.12. The van der Waals surface area contributed by atoms with Crippen LogP contribution >= 0.6 is 11.6 Å². The smallest absolute Gasteiger partial charge is 0.320 e. The molecule has 1 amide bonds. The van der Waals surface area contributed by atoms with Gasteiger partial charge in [0, 0.05) is 16.6 Å². The lowest BCUT2D eigenvalue weighted by molar-refractivity contribution is -0.138. The van der Waals surface area contributed by atoms with Gasteiger partial charge in [-0.2, -0.15) is 0 Å². The molecular formula is C24H25ClFN3O4. The zero-order chi connectivity index (χ0) is 24.1. The van der Waals surface area contributed by atoms with Crippen LogP contribution in [0.15, 0.2) is 53.1 Å². The van der Waals surface area contributed by atoms with Gasteiger partial charge in [0.2, 0.25) is 0 Å². The maximum absolute atomic E-state index is 14.2. The Hall–Kier alpha value is -3.23. The number of hydrogen-bond donors (Lipinski definition) is 3. The van der Waals surface area contributed by atoms with Crippen LogP contribution in [0.4, 0.5) is 4.39 Å². The van der Waals surface area contributed by atoms with Crippen molar-refractivity contribution in [3.63, 3.8) is 0 Å². The number of rotatable bonds is 9. The summed E-state index contributed by atoms with van der Waals surface area (Å²) in [5, 5.41) is 12.4. The summed E-state index contributed by atoms with van der Waals surface area (Å²) in [6.07, 6.45) is 1.73. The number of carbonyl (C=O) groups excluding carboxylic acids is 1. The van der Waals surface area contributed by atoms with Gasteiger partial charge < -0.3 is 20.6 Å². The standard InChI is InChI=1S/C24H25ClFN3O4/c1-13(2)21-12-33-23(29-21)22(30)28-17(11-20(27)24(31)32)9-14-3-5-15(6-4-14)18-10-16(25)7-8-19(18)26/h3-8,10,12-13,17,20H,9,11,27H2,1-2H3,(H,28,30)(H,31,32). The Morgan fingerprint density at radius 2 is 1.91 bits per heavy atom. The zero-order valence-corrected chi connectivity index (χ0v) is 19.0. The Balaban J connectivity index is 1.77. The SMILES string of the molecule is CC(C)c1coc(C(=O)NC(Cc2ccc(-c3cc(Cl)ccc3F)cc2)CC(N)C(=O)O)n1. The molecule has 7 nitrogen and oxygen atoms in total. The Bertz CT molecular complexity index is 1130. The van der Waals surface area contributed by atoms with Gasteiger partial charge in [0.25, 0.3) is 5.89 Å². The lowest BCUT2D eigenvalue weighted by Crippen LogP contribution is -2.43. The summed E-state index contributed by atoms with van der Waals surface area (Å²) < 4.78 is 19.4. The van der Waals surface area contributed by atoms with E-state index in [1.165, 1.54) is 18.4 Å². The van der Waals surface area contributed by atoms with Gasteiger partial charge in [0.15, 0.2) is 0 Å². The molecule has 0 spiro atoms. The molecule has 9 heteroatoms. The maximum atomic E-state index is 14.2. The molecule has 2 aromatic carbocycles. The lowest BCUT2D eigenvalue weighted by atomic mass is 9.97. The van der Waals surface area contributed by atoms with Crippen molar-refractivity contribution in [1.29, 1.82) is 0 Å². The van der Waals surface area contributed by atoms with Crippen LogP contribution in [0, 0.1) is 5.82 Å². The summed E-state index contributed by atoms with van der Waals surface area (Å²) in [5.41, 5.74) is 8.18. The Kier molecular flexibility index (Phi) is 7.84. The molecule has 2 unspecified atom stereocenters. The van der Waals surface area contributed by atoms with E-state index in [0.717, 1.165) is 5.56 Å². The van der Waals surface area contributed by atoms with Gasteiger partial charge in [-0.3, -0.25) is 9.59 Å². The average Bonchev–Trinajstić information content (AvgIpc) is 3.27. The van der Waals surface area contributed by atoms with Gasteiger partial charge in [-0.15, -0.1) is 0 Å². The maximum Gasteiger partial charge on any atom is 0.320 e. The predicted octanol–water partition coefficient (Wildman–Crippen LogP) is 4.40. The number of oxazole rings is 1. The first kappa shape index (κ1) is 24.4. The minimum absolute atomic E-state index is 0.00346. The van der Waals surface area contributed by atoms with Gasteiger partial charge >= 0.3 is 11.9 Å². The van der Waals surface area contributed by atoms with E-state index in [0.29, 0.717) is 28.3 Å². The van der Waals surface area contributed by atoms with E-state index in [9.17, 15) is 19.1 Å². The van der Waals surface area contributed by atoms with E-state index in [4.69, 9.17) is 21.8 Å². The highest BCUT2D eigenvalue weighted by molar-refractivity contribution is 6.30. The second-order valence-corrected chi connectivity index (χ2v) is 8.54. The molecule has 0 saturated carbocycles. The molecule has 0 aliphatic rings. The fourth-order valence-electron chi connectivity index (χ4n) is 3.33. The van der Waals surface area contributed by atoms with Crippen LogP contribution in [0.25, 0.3) is 11.1 Å². The molecule has 4 N–H and O–H groups in total. The Morgan fingerprint density at radius 1 is 1.21 bits per heavy atom. The van der Waals surface area contributed by atoms with E-state index in [-0.39, 0.29) is 18.2 Å². The molecule has 0 bridgehead atoms. The molecule has 0 fully saturated rings. The molecule has 2 atom stereocenters. The Morgan fingerprint density at radius 3 is 2.52 bits per heavy atom. The molecule has 0 radical (unpaired) electrons. The van der Waals surface area contributed by atoms with Crippen molar-refractivity contribution in [3.05, 3.63) is 76.7 Å². The van der Waals surface area contributed by atoms with Crippen molar-refractivity contribution in [1.82, 2.24) is 10.3 Å². The summed E-state index contributed by atoms with van der Waals surface area (Å²) in [6.45, 7) is 3.85. The highest BCUT2D eigenvalue weighted by Gasteiger charge is 2.24. The van der Waals surface area contributed by atoms with Gasteiger partial charge in [0.05, 0.1) is 5.69 Å². The van der Waals surface area contributed by atoms with E-state index >= 15 is 0 Å². The molecule has 0 saturated heterocycles. The largest absolute Gasteiger partial charge is 0.480 e. The number of nitrogens with two attached hydrogens (primary N) is 1. The Labute approximate surface area is 195 Å². The number of nitrogens with zero attached hydrogens (tertiary/aromatic N) is 1. The summed E-state index contributed by atoms with van der Waals surface area (Å²) in [4.78, 5) is 28.1. The third-order valence-corrected chi connectivity index (χ3v) is 5.41. The number of halogens is 2. The third kappa shape index (κ3) is 6.40. The number of aliphatic carboxylic acids is 1. The number of benzene rings is 2. The highest BCUT2D eigenvalue weighted by Crippen LogP contribution is 2.26. The molecule has 0 aliphatic carbocycles. The van der Waals surface area contributed by atoms with Crippen molar-refractivity contribution < 1.29 is 23.5 Å². The third-order valence-electron chi connectivity index (χ3n) is 5.17. The summed E-state index contributed by atoms with van der Waals surface area (Å²) in [7, 11) is 0. The van der Waals surface area contributed by atoms with Gasteiger partial charge in [-0.05, 0) is 48.1 Å². The second-order valence-electron chi connectivity index (χ2n) is 8.11. The second kappa shape index (κ2) is 10.6. The van der Waals surface area contributed by atoms with Crippen LogP contribution in [-0.4, -0.2) is 34.1 Å². The highest BCUT2D eigenvalue weighted by atomic mass is 35.5. The minimum Gasteiger partial charge on any atom is -0.480 e.